The number of halogens is 1. The summed E-state index contributed by atoms with van der Waals surface area (Å²) >= 11 is 0. The zero-order valence-corrected chi connectivity index (χ0v) is 10.4. The van der Waals surface area contributed by atoms with Crippen LogP contribution in [0.4, 0.5) is 4.39 Å². The predicted molar refractivity (Wildman–Crippen MR) is 66.1 cm³/mol. The summed E-state index contributed by atoms with van der Waals surface area (Å²) in [6, 6.07) is 5.09. The highest BCUT2D eigenvalue weighted by Gasteiger charge is 2.05. The average molecular weight is 241 g/mol. The van der Waals surface area contributed by atoms with Crippen LogP contribution in [0.3, 0.4) is 0 Å². The van der Waals surface area contributed by atoms with E-state index in [2.05, 4.69) is 5.43 Å². The van der Waals surface area contributed by atoms with Crippen molar-refractivity contribution in [1.82, 2.24) is 10.3 Å². The highest BCUT2D eigenvalue weighted by molar-refractivity contribution is 5.29. The number of nitrogens with one attached hydrogen (secondary N) is 1. The lowest BCUT2D eigenvalue weighted by Crippen LogP contribution is -2.36. The van der Waals surface area contributed by atoms with Crippen LogP contribution >= 0.6 is 0 Å². The molecule has 1 aromatic rings. The Balaban J connectivity index is 2.52. The molecule has 0 heterocycles. The van der Waals surface area contributed by atoms with Gasteiger partial charge in [-0.1, -0.05) is 6.07 Å². The third-order valence-corrected chi connectivity index (χ3v) is 2.44. The fourth-order valence-electron chi connectivity index (χ4n) is 1.53. The van der Waals surface area contributed by atoms with Gasteiger partial charge in [-0.15, -0.1) is 0 Å². The van der Waals surface area contributed by atoms with Gasteiger partial charge < -0.3 is 4.74 Å². The molecule has 0 radical (unpaired) electrons. The normalized spacial score (nSPS) is 10.9. The quantitative estimate of drug-likeness (QED) is 0.427. The maximum Gasteiger partial charge on any atom is 0.165 e. The molecular weight excluding hydrogens is 221 g/mol. The number of rotatable bonds is 7. The van der Waals surface area contributed by atoms with E-state index in [1.807, 2.05) is 24.9 Å². The van der Waals surface area contributed by atoms with Gasteiger partial charge in [-0.05, 0) is 38.1 Å². The molecule has 0 unspecified atom stereocenters. The molecule has 0 fully saturated rings. The minimum atomic E-state index is -0.302. The Kier molecular flexibility index (Phi) is 5.90. The number of nitrogens with zero attached hydrogens (tertiary/aromatic N) is 1. The van der Waals surface area contributed by atoms with Crippen molar-refractivity contribution in [3.63, 3.8) is 0 Å². The lowest BCUT2D eigenvalue weighted by molar-refractivity contribution is 0.311. The summed E-state index contributed by atoms with van der Waals surface area (Å²) in [5.41, 5.74) is 3.53. The van der Waals surface area contributed by atoms with Gasteiger partial charge in [0.25, 0.3) is 0 Å². The van der Waals surface area contributed by atoms with Crippen LogP contribution in [-0.2, 0) is 6.42 Å². The first-order valence-electron chi connectivity index (χ1n) is 5.70. The second kappa shape index (κ2) is 7.21. The van der Waals surface area contributed by atoms with Gasteiger partial charge in [0.15, 0.2) is 11.6 Å². The maximum absolute atomic E-state index is 13.5. The number of ether oxygens (including phenoxy) is 1. The van der Waals surface area contributed by atoms with Gasteiger partial charge in [-0.3, -0.25) is 10.7 Å². The standard InChI is InChI=1S/C12H20FN3O/c1-3-17-12-5-4-10(8-11(12)13)6-7-16(2)9-15-14/h4-5,8,15H,3,6-7,9,14H2,1-2H3. The topological polar surface area (TPSA) is 50.5 Å². The van der Waals surface area contributed by atoms with Crippen molar-refractivity contribution in [2.24, 2.45) is 5.84 Å². The van der Waals surface area contributed by atoms with E-state index in [0.29, 0.717) is 19.0 Å². The number of likely N-dealkylation sites (N-methyl/N-ethyl adjacent to an activating group) is 1. The van der Waals surface area contributed by atoms with Crippen LogP contribution in [0.15, 0.2) is 18.2 Å². The highest BCUT2D eigenvalue weighted by Crippen LogP contribution is 2.18. The Morgan fingerprint density at radius 1 is 1.47 bits per heavy atom. The van der Waals surface area contributed by atoms with Crippen LogP contribution in [0.25, 0.3) is 0 Å². The van der Waals surface area contributed by atoms with Crippen LogP contribution in [-0.4, -0.2) is 31.8 Å². The number of hydrogen-bond donors (Lipinski definition) is 2. The van der Waals surface area contributed by atoms with Crippen molar-refractivity contribution < 1.29 is 9.13 Å². The van der Waals surface area contributed by atoms with Gasteiger partial charge in [-0.25, -0.2) is 9.82 Å². The van der Waals surface area contributed by atoms with Gasteiger partial charge in [0, 0.05) is 6.54 Å². The summed E-state index contributed by atoms with van der Waals surface area (Å²) in [5, 5.41) is 0. The van der Waals surface area contributed by atoms with Crippen LogP contribution < -0.4 is 16.0 Å². The Bertz CT molecular complexity index is 347. The van der Waals surface area contributed by atoms with E-state index >= 15 is 0 Å². The number of hydrazine groups is 1. The first kappa shape index (κ1) is 13.9. The summed E-state index contributed by atoms with van der Waals surface area (Å²) in [5.74, 6) is 5.22. The van der Waals surface area contributed by atoms with Crippen molar-refractivity contribution in [2.75, 3.05) is 26.9 Å². The molecule has 4 nitrogen and oxygen atoms in total. The molecular formula is C12H20FN3O. The Morgan fingerprint density at radius 3 is 2.82 bits per heavy atom. The van der Waals surface area contributed by atoms with Crippen molar-refractivity contribution in [1.29, 1.82) is 0 Å². The molecule has 0 aromatic heterocycles. The third-order valence-electron chi connectivity index (χ3n) is 2.44. The molecule has 1 rings (SSSR count). The van der Waals surface area contributed by atoms with E-state index in [-0.39, 0.29) is 5.82 Å². The maximum atomic E-state index is 13.5. The largest absolute Gasteiger partial charge is 0.491 e. The molecule has 0 spiro atoms. The van der Waals surface area contributed by atoms with Crippen LogP contribution in [0.1, 0.15) is 12.5 Å². The number of nitrogens with two attached hydrogens (primary N) is 1. The zero-order chi connectivity index (χ0) is 12.7. The highest BCUT2D eigenvalue weighted by atomic mass is 19.1. The van der Waals surface area contributed by atoms with Gasteiger partial charge in [0.05, 0.1) is 13.3 Å². The van der Waals surface area contributed by atoms with Gasteiger partial charge in [0.2, 0.25) is 0 Å². The smallest absolute Gasteiger partial charge is 0.165 e. The molecule has 0 aliphatic heterocycles. The molecule has 0 aliphatic carbocycles. The molecule has 5 heteroatoms. The van der Waals surface area contributed by atoms with Crippen LogP contribution in [0, 0.1) is 5.82 Å². The fraction of sp³-hybridized carbons (Fsp3) is 0.500. The monoisotopic (exact) mass is 241 g/mol. The van der Waals surface area contributed by atoms with E-state index < -0.39 is 0 Å². The molecule has 0 bridgehead atoms. The zero-order valence-electron chi connectivity index (χ0n) is 10.4. The van der Waals surface area contributed by atoms with Crippen molar-refractivity contribution in [3.8, 4) is 5.75 Å². The van der Waals surface area contributed by atoms with E-state index in [9.17, 15) is 4.39 Å². The van der Waals surface area contributed by atoms with Crippen molar-refractivity contribution in [2.45, 2.75) is 13.3 Å². The third kappa shape index (κ3) is 4.68. The summed E-state index contributed by atoms with van der Waals surface area (Å²) in [7, 11) is 1.95. The fourth-order valence-corrected chi connectivity index (χ4v) is 1.53. The molecule has 0 atom stereocenters. The minimum Gasteiger partial charge on any atom is -0.491 e. The lowest BCUT2D eigenvalue weighted by atomic mass is 10.1. The summed E-state index contributed by atoms with van der Waals surface area (Å²) in [6.45, 7) is 3.74. The molecule has 0 amide bonds. The molecule has 3 N–H and O–H groups in total. The Morgan fingerprint density at radius 2 is 2.24 bits per heavy atom. The molecule has 1 aromatic carbocycles. The van der Waals surface area contributed by atoms with E-state index in [0.717, 1.165) is 18.5 Å². The number of benzene rings is 1. The first-order valence-corrected chi connectivity index (χ1v) is 5.70. The van der Waals surface area contributed by atoms with Crippen molar-refractivity contribution in [3.05, 3.63) is 29.6 Å². The Hall–Kier alpha value is -1.17. The molecule has 0 saturated carbocycles. The second-order valence-corrected chi connectivity index (χ2v) is 3.89. The predicted octanol–water partition coefficient (Wildman–Crippen LogP) is 1.12. The van der Waals surface area contributed by atoms with Crippen LogP contribution in [0.2, 0.25) is 0 Å². The molecule has 0 aliphatic rings. The molecule has 17 heavy (non-hydrogen) atoms. The van der Waals surface area contributed by atoms with E-state index in [1.54, 1.807) is 6.07 Å². The summed E-state index contributed by atoms with van der Waals surface area (Å²) in [6.07, 6.45) is 0.779. The van der Waals surface area contributed by atoms with Gasteiger partial charge in [-0.2, -0.15) is 0 Å². The lowest BCUT2D eigenvalue weighted by Gasteiger charge is -2.15. The average Bonchev–Trinajstić information content (AvgIpc) is 2.30. The number of hydrogen-bond acceptors (Lipinski definition) is 4. The van der Waals surface area contributed by atoms with Crippen LogP contribution in [0.5, 0.6) is 5.75 Å². The SMILES string of the molecule is CCOc1ccc(CCN(C)CNN)cc1F. The second-order valence-electron chi connectivity index (χ2n) is 3.89. The van der Waals surface area contributed by atoms with Crippen molar-refractivity contribution >= 4 is 0 Å². The molecule has 96 valence electrons. The summed E-state index contributed by atoms with van der Waals surface area (Å²) in [4.78, 5) is 2.02. The van der Waals surface area contributed by atoms with Gasteiger partial charge in [0.1, 0.15) is 0 Å². The van der Waals surface area contributed by atoms with Gasteiger partial charge >= 0.3 is 0 Å². The molecule has 0 saturated heterocycles. The van der Waals surface area contributed by atoms with E-state index in [4.69, 9.17) is 10.6 Å². The first-order chi connectivity index (χ1) is 8.17. The van der Waals surface area contributed by atoms with E-state index in [1.165, 1.54) is 6.07 Å². The minimum absolute atomic E-state index is 0.302. The summed E-state index contributed by atoms with van der Waals surface area (Å²) < 4.78 is 18.7. The Labute approximate surface area is 102 Å².